The molecular formula is C12H25N3. The van der Waals surface area contributed by atoms with Gasteiger partial charge in [0.05, 0.1) is 0 Å². The summed E-state index contributed by atoms with van der Waals surface area (Å²) in [5, 5.41) is 0. The zero-order valence-corrected chi connectivity index (χ0v) is 10.0. The lowest BCUT2D eigenvalue weighted by molar-refractivity contribution is 0.112. The van der Waals surface area contributed by atoms with Gasteiger partial charge >= 0.3 is 0 Å². The quantitative estimate of drug-likeness (QED) is 0.736. The van der Waals surface area contributed by atoms with E-state index in [1.807, 2.05) is 0 Å². The van der Waals surface area contributed by atoms with Crippen molar-refractivity contribution in [3.63, 3.8) is 0 Å². The van der Waals surface area contributed by atoms with Gasteiger partial charge in [0, 0.05) is 38.3 Å². The normalized spacial score (nSPS) is 29.2. The van der Waals surface area contributed by atoms with Crippen molar-refractivity contribution in [2.24, 2.45) is 5.73 Å². The first-order chi connectivity index (χ1) is 7.18. The van der Waals surface area contributed by atoms with Crippen molar-refractivity contribution in [2.45, 2.75) is 37.6 Å². The van der Waals surface area contributed by atoms with E-state index in [1.165, 1.54) is 58.3 Å². The van der Waals surface area contributed by atoms with Gasteiger partial charge in [-0.1, -0.05) is 19.3 Å². The molecule has 3 heteroatoms. The second-order valence-corrected chi connectivity index (χ2v) is 5.50. The van der Waals surface area contributed by atoms with Gasteiger partial charge in [-0.2, -0.15) is 0 Å². The van der Waals surface area contributed by atoms with Crippen LogP contribution in [0.15, 0.2) is 0 Å². The second-order valence-electron chi connectivity index (χ2n) is 5.50. The molecule has 0 aromatic heterocycles. The standard InChI is InChI=1S/C12H25N3/c1-14-7-9-15(10-8-14)11-12(13)5-3-2-4-6-12/h2-11,13H2,1H3. The van der Waals surface area contributed by atoms with Crippen LogP contribution >= 0.6 is 0 Å². The summed E-state index contributed by atoms with van der Waals surface area (Å²) in [5.41, 5.74) is 6.60. The number of nitrogens with zero attached hydrogens (tertiary/aromatic N) is 2. The third-order valence-corrected chi connectivity index (χ3v) is 3.98. The van der Waals surface area contributed by atoms with Crippen LogP contribution in [0, 0.1) is 0 Å². The lowest BCUT2D eigenvalue weighted by Crippen LogP contribution is -2.55. The van der Waals surface area contributed by atoms with E-state index in [9.17, 15) is 0 Å². The minimum absolute atomic E-state index is 0.133. The molecule has 1 aliphatic heterocycles. The van der Waals surface area contributed by atoms with Crippen LogP contribution in [-0.2, 0) is 0 Å². The Labute approximate surface area is 93.6 Å². The lowest BCUT2D eigenvalue weighted by Gasteiger charge is -2.41. The molecule has 0 aromatic carbocycles. The summed E-state index contributed by atoms with van der Waals surface area (Å²) in [5.74, 6) is 0. The number of hydrogen-bond acceptors (Lipinski definition) is 3. The second kappa shape index (κ2) is 4.81. The van der Waals surface area contributed by atoms with Crippen LogP contribution in [0.5, 0.6) is 0 Å². The lowest BCUT2D eigenvalue weighted by atomic mass is 9.82. The fourth-order valence-electron chi connectivity index (χ4n) is 2.87. The molecule has 1 aliphatic carbocycles. The topological polar surface area (TPSA) is 32.5 Å². The number of rotatable bonds is 2. The van der Waals surface area contributed by atoms with Crippen LogP contribution in [-0.4, -0.2) is 55.1 Å². The van der Waals surface area contributed by atoms with E-state index in [0.29, 0.717) is 0 Å². The Morgan fingerprint density at radius 3 is 2.20 bits per heavy atom. The summed E-state index contributed by atoms with van der Waals surface area (Å²) in [6.07, 6.45) is 6.54. The molecular weight excluding hydrogens is 186 g/mol. The fourth-order valence-corrected chi connectivity index (χ4v) is 2.87. The highest BCUT2D eigenvalue weighted by atomic mass is 15.3. The Hall–Kier alpha value is -0.120. The van der Waals surface area contributed by atoms with Crippen molar-refractivity contribution in [2.75, 3.05) is 39.8 Å². The van der Waals surface area contributed by atoms with E-state index in [2.05, 4.69) is 16.8 Å². The summed E-state index contributed by atoms with van der Waals surface area (Å²) in [6, 6.07) is 0. The minimum atomic E-state index is 0.133. The third kappa shape index (κ3) is 3.16. The molecule has 0 amide bonds. The maximum atomic E-state index is 6.47. The average molecular weight is 211 g/mol. The van der Waals surface area contributed by atoms with E-state index >= 15 is 0 Å². The highest BCUT2D eigenvalue weighted by Crippen LogP contribution is 2.26. The van der Waals surface area contributed by atoms with E-state index in [0.717, 1.165) is 6.54 Å². The first-order valence-electron chi connectivity index (χ1n) is 6.38. The highest BCUT2D eigenvalue weighted by Gasteiger charge is 2.30. The number of piperazine rings is 1. The summed E-state index contributed by atoms with van der Waals surface area (Å²) >= 11 is 0. The smallest absolute Gasteiger partial charge is 0.0283 e. The van der Waals surface area contributed by atoms with Crippen molar-refractivity contribution < 1.29 is 0 Å². The molecule has 0 atom stereocenters. The average Bonchev–Trinajstić information content (AvgIpc) is 2.22. The maximum absolute atomic E-state index is 6.47. The molecule has 88 valence electrons. The van der Waals surface area contributed by atoms with E-state index in [4.69, 9.17) is 5.73 Å². The summed E-state index contributed by atoms with van der Waals surface area (Å²) in [6.45, 7) is 5.94. The van der Waals surface area contributed by atoms with Gasteiger partial charge in [-0.15, -0.1) is 0 Å². The molecule has 3 nitrogen and oxygen atoms in total. The molecule has 0 radical (unpaired) electrons. The summed E-state index contributed by atoms with van der Waals surface area (Å²) < 4.78 is 0. The van der Waals surface area contributed by atoms with Gasteiger partial charge in [0.25, 0.3) is 0 Å². The van der Waals surface area contributed by atoms with Crippen molar-refractivity contribution in [3.05, 3.63) is 0 Å². The van der Waals surface area contributed by atoms with Gasteiger partial charge in [0.15, 0.2) is 0 Å². The fraction of sp³-hybridized carbons (Fsp3) is 1.00. The van der Waals surface area contributed by atoms with Crippen LogP contribution in [0.4, 0.5) is 0 Å². The molecule has 0 unspecified atom stereocenters. The third-order valence-electron chi connectivity index (χ3n) is 3.98. The van der Waals surface area contributed by atoms with Crippen LogP contribution in [0.2, 0.25) is 0 Å². The minimum Gasteiger partial charge on any atom is -0.324 e. The molecule has 2 fully saturated rings. The Bertz CT molecular complexity index is 191. The summed E-state index contributed by atoms with van der Waals surface area (Å²) in [4.78, 5) is 4.96. The predicted octanol–water partition coefficient (Wildman–Crippen LogP) is 0.895. The van der Waals surface area contributed by atoms with Crippen LogP contribution < -0.4 is 5.73 Å². The first-order valence-corrected chi connectivity index (χ1v) is 6.38. The molecule has 2 N–H and O–H groups in total. The maximum Gasteiger partial charge on any atom is 0.0283 e. The zero-order valence-electron chi connectivity index (χ0n) is 10.0. The molecule has 1 saturated carbocycles. The molecule has 2 aliphatic rings. The monoisotopic (exact) mass is 211 g/mol. The van der Waals surface area contributed by atoms with Gasteiger partial charge in [-0.3, -0.25) is 4.90 Å². The molecule has 1 heterocycles. The van der Waals surface area contributed by atoms with Crippen LogP contribution in [0.3, 0.4) is 0 Å². The molecule has 2 rings (SSSR count). The van der Waals surface area contributed by atoms with Crippen LogP contribution in [0.1, 0.15) is 32.1 Å². The predicted molar refractivity (Wildman–Crippen MR) is 63.9 cm³/mol. The highest BCUT2D eigenvalue weighted by molar-refractivity contribution is 4.91. The van der Waals surface area contributed by atoms with E-state index in [1.54, 1.807) is 0 Å². The van der Waals surface area contributed by atoms with Crippen LogP contribution in [0.25, 0.3) is 0 Å². The molecule has 0 bridgehead atoms. The molecule has 0 spiro atoms. The van der Waals surface area contributed by atoms with Crippen molar-refractivity contribution in [1.29, 1.82) is 0 Å². The number of likely N-dealkylation sites (N-methyl/N-ethyl adjacent to an activating group) is 1. The van der Waals surface area contributed by atoms with Gasteiger partial charge in [-0.25, -0.2) is 0 Å². The Morgan fingerprint density at radius 2 is 1.60 bits per heavy atom. The molecule has 0 aromatic rings. The number of nitrogens with two attached hydrogens (primary N) is 1. The van der Waals surface area contributed by atoms with Gasteiger partial charge in [0.1, 0.15) is 0 Å². The van der Waals surface area contributed by atoms with Gasteiger partial charge < -0.3 is 10.6 Å². The zero-order chi connectivity index (χ0) is 10.7. The Morgan fingerprint density at radius 1 is 1.00 bits per heavy atom. The Balaban J connectivity index is 1.80. The SMILES string of the molecule is CN1CCN(CC2(N)CCCCC2)CC1. The largest absolute Gasteiger partial charge is 0.324 e. The van der Waals surface area contributed by atoms with E-state index < -0.39 is 0 Å². The summed E-state index contributed by atoms with van der Waals surface area (Å²) in [7, 11) is 2.20. The number of hydrogen-bond donors (Lipinski definition) is 1. The van der Waals surface area contributed by atoms with Crippen molar-refractivity contribution >= 4 is 0 Å². The first kappa shape index (κ1) is 11.4. The van der Waals surface area contributed by atoms with Crippen molar-refractivity contribution in [1.82, 2.24) is 9.80 Å². The Kier molecular flexibility index (Phi) is 3.65. The molecule has 15 heavy (non-hydrogen) atoms. The van der Waals surface area contributed by atoms with E-state index in [-0.39, 0.29) is 5.54 Å². The molecule has 1 saturated heterocycles. The van der Waals surface area contributed by atoms with Gasteiger partial charge in [0.2, 0.25) is 0 Å². The van der Waals surface area contributed by atoms with Crippen molar-refractivity contribution in [3.8, 4) is 0 Å². The van der Waals surface area contributed by atoms with Gasteiger partial charge in [-0.05, 0) is 19.9 Å².